The van der Waals surface area contributed by atoms with Gasteiger partial charge in [0, 0.05) is 90.0 Å². The predicted molar refractivity (Wildman–Crippen MR) is 231 cm³/mol. The van der Waals surface area contributed by atoms with Crippen LogP contribution in [0.2, 0.25) is 0 Å². The Hall–Kier alpha value is -3.51. The van der Waals surface area contributed by atoms with Crippen LogP contribution in [-0.2, 0) is 35.4 Å². The number of nitrogens with zero attached hydrogens (tertiary/aromatic N) is 3. The van der Waals surface area contributed by atoms with Crippen molar-refractivity contribution in [2.75, 3.05) is 29.4 Å². The number of para-hydroxylation sites is 3. The van der Waals surface area contributed by atoms with Crippen LogP contribution >= 0.6 is 0 Å². The van der Waals surface area contributed by atoms with Crippen LogP contribution in [0.1, 0.15) is 123 Å². The van der Waals surface area contributed by atoms with E-state index in [2.05, 4.69) is 112 Å². The number of hydrogen-bond acceptors (Lipinski definition) is 8. The molecule has 3 aromatic carbocycles. The molecular weight excluding hydrogens is 789 g/mol. The fraction of sp³-hybridized carbons (Fsp3) is 0.449. The van der Waals surface area contributed by atoms with E-state index in [0.29, 0.717) is 19.4 Å². The molecular formula is C49H62N3Na2O7+. The number of carbonyl (C=O) groups is 4. The summed E-state index contributed by atoms with van der Waals surface area (Å²) in [5.41, 5.74) is 10.6. The third-order valence-corrected chi connectivity index (χ3v) is 12.2. The van der Waals surface area contributed by atoms with Gasteiger partial charge in [-0.15, -0.1) is 0 Å². The quantitative estimate of drug-likeness (QED) is 0.0744. The number of aliphatic carboxylic acids is 3. The topological polar surface area (TPSA) is 144 Å². The average molecular weight is 851 g/mol. The van der Waals surface area contributed by atoms with E-state index in [1.165, 1.54) is 33.8 Å². The molecule has 12 heteroatoms. The minimum Gasteiger partial charge on any atom is -0.550 e. The van der Waals surface area contributed by atoms with E-state index < -0.39 is 17.9 Å². The minimum atomic E-state index is -1.01. The van der Waals surface area contributed by atoms with Crippen molar-refractivity contribution in [3.63, 3.8) is 0 Å². The summed E-state index contributed by atoms with van der Waals surface area (Å²) in [6.07, 6.45) is 7.34. The summed E-state index contributed by atoms with van der Waals surface area (Å²) in [7, 11) is 0. The Labute approximate surface area is 407 Å². The summed E-state index contributed by atoms with van der Waals surface area (Å²) in [6, 6.07) is 24.9. The van der Waals surface area contributed by atoms with Crippen LogP contribution in [0.15, 0.2) is 96.8 Å². The Kier molecular flexibility index (Phi) is 20.9. The number of allylic oxidation sites excluding steroid dienone is 3. The zero-order valence-electron chi connectivity index (χ0n) is 38.0. The number of aldehydes is 1. The molecule has 0 radical (unpaired) electrons. The molecule has 3 aliphatic heterocycles. The van der Waals surface area contributed by atoms with Crippen molar-refractivity contribution in [2.24, 2.45) is 0 Å². The van der Waals surface area contributed by atoms with Crippen LogP contribution < -0.4 is 79.1 Å². The molecule has 0 fully saturated rings. The molecule has 1 N–H and O–H groups in total. The number of carboxylic acid groups (broad SMARTS) is 3. The summed E-state index contributed by atoms with van der Waals surface area (Å²) >= 11 is 0. The Bertz CT molecular complexity index is 2090. The third kappa shape index (κ3) is 13.0. The Morgan fingerprint density at radius 3 is 1.64 bits per heavy atom. The van der Waals surface area contributed by atoms with Gasteiger partial charge >= 0.3 is 65.1 Å². The first-order valence-corrected chi connectivity index (χ1v) is 20.8. The molecule has 3 aliphatic rings. The molecule has 6 rings (SSSR count). The molecule has 3 heterocycles. The number of fused-ring (bicyclic) bond motifs is 3. The normalized spacial score (nSPS) is 16.4. The van der Waals surface area contributed by atoms with Gasteiger partial charge in [0.05, 0.1) is 5.41 Å². The van der Waals surface area contributed by atoms with Crippen LogP contribution in [-0.4, -0.2) is 59.2 Å². The molecule has 0 spiro atoms. The first kappa shape index (κ1) is 53.6. The van der Waals surface area contributed by atoms with Gasteiger partial charge in [-0.05, 0) is 88.1 Å². The van der Waals surface area contributed by atoms with Crippen LogP contribution in [0.25, 0.3) is 0 Å². The smallest absolute Gasteiger partial charge is 0.550 e. The maximum atomic E-state index is 11.0. The summed E-state index contributed by atoms with van der Waals surface area (Å²) in [4.78, 5) is 46.8. The molecule has 3 aromatic rings. The van der Waals surface area contributed by atoms with Crippen LogP contribution in [0.3, 0.4) is 0 Å². The molecule has 61 heavy (non-hydrogen) atoms. The second-order valence-corrected chi connectivity index (χ2v) is 17.1. The molecule has 316 valence electrons. The van der Waals surface area contributed by atoms with Gasteiger partial charge in [-0.2, -0.15) is 4.58 Å². The van der Waals surface area contributed by atoms with Crippen LogP contribution in [0.4, 0.5) is 17.1 Å². The fourth-order valence-electron chi connectivity index (χ4n) is 8.44. The van der Waals surface area contributed by atoms with E-state index in [9.17, 15) is 29.4 Å². The van der Waals surface area contributed by atoms with Gasteiger partial charge in [-0.3, -0.25) is 9.59 Å². The van der Waals surface area contributed by atoms with Gasteiger partial charge in [-0.25, -0.2) is 0 Å². The first-order valence-electron chi connectivity index (χ1n) is 20.8. The number of carbonyl (C=O) groups excluding carboxylic acids is 3. The molecule has 0 aromatic heterocycles. The Morgan fingerprint density at radius 2 is 1.11 bits per heavy atom. The van der Waals surface area contributed by atoms with Gasteiger partial charge in [-0.1, -0.05) is 88.9 Å². The summed E-state index contributed by atoms with van der Waals surface area (Å²) in [6.45, 7) is 21.9. The maximum absolute atomic E-state index is 11.0. The Morgan fingerprint density at radius 1 is 0.656 bits per heavy atom. The number of anilines is 2. The second kappa shape index (κ2) is 23.8. The average Bonchev–Trinajstić information content (AvgIpc) is 3.62. The SMILES string of the molecule is C=C1N(CCCCC(=O)[O-])c2ccccc2C1(C)C.CC1(C)/C(=C\C=O)N(CCCCC(=O)[O-])c2ccccc21.CC1=[N+](CCCCC(=O)O)c2ccccc2C1(C)C.[Na+].[Na+]. The first-order chi connectivity index (χ1) is 27.9. The van der Waals surface area contributed by atoms with Crippen molar-refractivity contribution in [1.82, 2.24) is 0 Å². The number of rotatable bonds is 16. The van der Waals surface area contributed by atoms with Gasteiger partial charge < -0.3 is 34.7 Å². The molecule has 0 saturated carbocycles. The number of unbranched alkanes of at least 4 members (excludes halogenated alkanes) is 3. The predicted octanol–water partition coefficient (Wildman–Crippen LogP) is 1.35. The van der Waals surface area contributed by atoms with Gasteiger partial charge in [0.25, 0.3) is 0 Å². The van der Waals surface area contributed by atoms with Gasteiger partial charge in [0.2, 0.25) is 5.69 Å². The maximum Gasteiger partial charge on any atom is 1.00 e. The van der Waals surface area contributed by atoms with E-state index in [1.807, 2.05) is 30.3 Å². The largest absolute Gasteiger partial charge is 1.00 e. The van der Waals surface area contributed by atoms with Crippen molar-refractivity contribution >= 4 is 47.0 Å². The summed E-state index contributed by atoms with van der Waals surface area (Å²) < 4.78 is 2.34. The monoisotopic (exact) mass is 850 g/mol. The van der Waals surface area contributed by atoms with E-state index in [0.717, 1.165) is 62.1 Å². The molecule has 10 nitrogen and oxygen atoms in total. The third-order valence-electron chi connectivity index (χ3n) is 12.2. The molecule has 0 unspecified atom stereocenters. The zero-order chi connectivity index (χ0) is 43.5. The van der Waals surface area contributed by atoms with E-state index in [1.54, 1.807) is 6.08 Å². The number of benzene rings is 3. The van der Waals surface area contributed by atoms with E-state index >= 15 is 0 Å². The van der Waals surface area contributed by atoms with Crippen molar-refractivity contribution in [1.29, 1.82) is 0 Å². The fourth-order valence-corrected chi connectivity index (χ4v) is 8.44. The molecule has 0 saturated heterocycles. The van der Waals surface area contributed by atoms with Crippen LogP contribution in [0.5, 0.6) is 0 Å². The zero-order valence-corrected chi connectivity index (χ0v) is 42.0. The van der Waals surface area contributed by atoms with E-state index in [-0.39, 0.29) is 94.6 Å². The van der Waals surface area contributed by atoms with Crippen molar-refractivity contribution in [3.05, 3.63) is 114 Å². The standard InChI is InChI=1S/C17H21NO3.2C16H21NO2.2Na/c1-17(2)13-7-3-4-8-14(13)18(15(17)10-12-19)11-6-5-9-16(20)21;2*1-12-16(2,3)13-8-4-5-9-14(13)17(12)11-7-6-10-15(18)19;;/h3-4,7-8,10,12H,5-6,9,11H2,1-2H3,(H,20,21);4-5,8-9H,6-7,10-11H2,1-3H3;4-5,8-9H,1,6-7,10-11H2,2-3H3,(H,18,19);;/q;;;2*+1/p-1/b15-10+;;;;. The summed E-state index contributed by atoms with van der Waals surface area (Å²) in [5.74, 6) is -2.69. The summed E-state index contributed by atoms with van der Waals surface area (Å²) in [5, 5.41) is 29.6. The van der Waals surface area contributed by atoms with Crippen molar-refractivity contribution in [3.8, 4) is 0 Å². The van der Waals surface area contributed by atoms with Gasteiger partial charge in [0.1, 0.15) is 12.8 Å². The molecule has 0 aliphatic carbocycles. The molecule has 0 amide bonds. The van der Waals surface area contributed by atoms with Crippen molar-refractivity contribution < 1.29 is 98.2 Å². The second-order valence-electron chi connectivity index (χ2n) is 17.1. The Balaban J connectivity index is 0.000000310. The van der Waals surface area contributed by atoms with Crippen LogP contribution in [0, 0.1) is 0 Å². The number of hydrogen-bond donors (Lipinski definition) is 1. The minimum absolute atomic E-state index is 0. The van der Waals surface area contributed by atoms with Gasteiger partial charge in [0.15, 0.2) is 5.71 Å². The van der Waals surface area contributed by atoms with E-state index in [4.69, 9.17) is 5.11 Å². The molecule has 0 atom stereocenters. The van der Waals surface area contributed by atoms with Crippen molar-refractivity contribution in [2.45, 2.75) is 122 Å². The number of carboxylic acids is 3. The molecule has 0 bridgehead atoms.